The molecule has 2 aliphatic rings. The van der Waals surface area contributed by atoms with E-state index in [2.05, 4.69) is 31.5 Å². The quantitative estimate of drug-likeness (QED) is 0.635. The Morgan fingerprint density at radius 2 is 2.06 bits per heavy atom. The largest absolute Gasteiger partial charge is 0.348 e. The Morgan fingerprint density at radius 3 is 2.76 bits per heavy atom. The number of carbonyl (C=O) groups excluding carboxylic acids is 1. The number of hydrogen-bond donors (Lipinski definition) is 0. The van der Waals surface area contributed by atoms with Crippen molar-refractivity contribution in [1.29, 1.82) is 0 Å². The molecule has 2 atom stereocenters. The average molecular weight is 236 g/mol. The van der Waals surface area contributed by atoms with Crippen LogP contribution in [0.15, 0.2) is 0 Å². The number of nitrogens with zero attached hydrogens (tertiary/aromatic N) is 2. The van der Waals surface area contributed by atoms with Gasteiger partial charge in [-0.05, 0) is 52.1 Å². The normalized spacial score (nSPS) is 32.2. The van der Waals surface area contributed by atoms with E-state index in [9.17, 15) is 4.79 Å². The summed E-state index contributed by atoms with van der Waals surface area (Å²) in [5.41, 5.74) is 0. The first kappa shape index (κ1) is 12.9. The van der Waals surface area contributed by atoms with Gasteiger partial charge in [0.2, 0.25) is 5.91 Å². The van der Waals surface area contributed by atoms with Crippen molar-refractivity contribution in [3.05, 3.63) is 0 Å². The molecule has 0 aromatic heterocycles. The van der Waals surface area contributed by atoms with Gasteiger partial charge in [-0.15, -0.1) is 0 Å². The lowest BCUT2D eigenvalue weighted by molar-refractivity contribution is -0.142. The van der Waals surface area contributed by atoms with E-state index in [1.54, 1.807) is 0 Å². The molecule has 1 amide bonds. The highest BCUT2D eigenvalue weighted by atomic mass is 16.2. The first-order valence-electron chi connectivity index (χ1n) is 7.09. The Hall–Kier alpha value is -0.505. The summed E-state index contributed by atoms with van der Waals surface area (Å²) in [4.78, 5) is 16.7. The Balaban J connectivity index is 2.14. The van der Waals surface area contributed by atoms with E-state index < -0.39 is 0 Å². The highest BCUT2D eigenvalue weighted by Crippen LogP contribution is 2.31. The van der Waals surface area contributed by atoms with Crippen LogP contribution in [0.3, 0.4) is 0 Å². The third kappa shape index (κ3) is 2.84. The minimum absolute atomic E-state index is 0.361. The van der Waals surface area contributed by atoms with E-state index >= 15 is 0 Å². The summed E-state index contributed by atoms with van der Waals surface area (Å²) >= 11 is 0. The van der Waals surface area contributed by atoms with Gasteiger partial charge in [0.05, 0.1) is 0 Å². The molecule has 2 unspecified atom stereocenters. The van der Waals surface area contributed by atoms with Gasteiger partial charge in [-0.25, -0.2) is 0 Å². The molecule has 0 aliphatic carbocycles. The summed E-state index contributed by atoms with van der Waals surface area (Å²) in [5.74, 6) is 1.07. The molecular weight excluding hydrogens is 211 g/mol. The van der Waals surface area contributed by atoms with Gasteiger partial charge in [-0.2, -0.15) is 0 Å². The van der Waals surface area contributed by atoms with Crippen molar-refractivity contribution in [2.45, 2.75) is 58.0 Å². The van der Waals surface area contributed by atoms with Crippen molar-refractivity contribution in [3.63, 3.8) is 0 Å². The number of amides is 1. The zero-order valence-electron chi connectivity index (χ0n) is 11.5. The maximum Gasteiger partial charge on any atom is 0.223 e. The van der Waals surface area contributed by atoms with Crippen LogP contribution < -0.4 is 0 Å². The molecule has 96 valence electrons. The fourth-order valence-electron chi connectivity index (χ4n) is 3.53. The fraction of sp³-hybridized carbons (Fsp3) is 0.923. The van der Waals surface area contributed by atoms with Crippen LogP contribution in [0, 0.1) is 5.92 Å². The first-order valence-corrected chi connectivity index (χ1v) is 7.09. The second-order valence-electron chi connectivity index (χ2n) is 6.02. The monoisotopic (exact) mass is 236 g/mol. The highest BCUT2D eigenvalue weighted by molar-refractivity contribution is 6.04. The van der Waals surface area contributed by atoms with Crippen molar-refractivity contribution in [2.24, 2.45) is 5.92 Å². The lowest BCUT2D eigenvalue weighted by Crippen LogP contribution is -2.54. The molecule has 2 aliphatic heterocycles. The Bertz CT molecular complexity index is 283. The van der Waals surface area contributed by atoms with E-state index in [1.165, 1.54) is 32.4 Å². The number of likely N-dealkylation sites (tertiary alicyclic amines) is 1. The van der Waals surface area contributed by atoms with Gasteiger partial charge >= 0.3 is 0 Å². The molecule has 4 heteroatoms. The van der Waals surface area contributed by atoms with Crippen molar-refractivity contribution in [3.8, 4) is 0 Å². The Kier molecular flexibility index (Phi) is 4.13. The highest BCUT2D eigenvalue weighted by Gasteiger charge is 2.37. The molecule has 2 fully saturated rings. The van der Waals surface area contributed by atoms with Gasteiger partial charge in [0.1, 0.15) is 0 Å². The minimum atomic E-state index is 0.361. The lowest BCUT2D eigenvalue weighted by Gasteiger charge is -2.46. The predicted molar refractivity (Wildman–Crippen MR) is 72.5 cm³/mol. The van der Waals surface area contributed by atoms with Crippen molar-refractivity contribution in [1.82, 2.24) is 9.71 Å². The lowest BCUT2D eigenvalue weighted by atomic mass is 9.82. The standard InChI is InChI=1S/C13H25BN2O/c1-10(2)16-12-5-3-4-8-15(14)9-11(12)6-7-13(16)17/h10-12H,3-9,14H2,1-2H3. The molecule has 0 aromatic carbocycles. The van der Waals surface area contributed by atoms with Crippen molar-refractivity contribution < 1.29 is 4.79 Å². The number of carbonyl (C=O) groups is 1. The van der Waals surface area contributed by atoms with Crippen LogP contribution in [0.2, 0.25) is 0 Å². The molecular formula is C13H25BN2O. The summed E-state index contributed by atoms with van der Waals surface area (Å²) < 4.78 is 0. The molecule has 0 radical (unpaired) electrons. The smallest absolute Gasteiger partial charge is 0.223 e. The molecule has 2 heterocycles. The molecule has 0 saturated carbocycles. The van der Waals surface area contributed by atoms with E-state index in [-0.39, 0.29) is 0 Å². The Morgan fingerprint density at radius 1 is 1.29 bits per heavy atom. The van der Waals surface area contributed by atoms with Gasteiger partial charge in [-0.1, -0.05) is 6.42 Å². The summed E-state index contributed by atoms with van der Waals surface area (Å²) in [6.45, 7) is 6.70. The summed E-state index contributed by atoms with van der Waals surface area (Å²) in [6, 6.07) is 0.860. The molecule has 0 N–H and O–H groups in total. The second kappa shape index (κ2) is 5.43. The molecule has 2 rings (SSSR count). The van der Waals surface area contributed by atoms with Crippen LogP contribution in [0.25, 0.3) is 0 Å². The third-order valence-electron chi connectivity index (χ3n) is 4.31. The second-order valence-corrected chi connectivity index (χ2v) is 6.02. The summed E-state index contributed by atoms with van der Waals surface area (Å²) in [7, 11) is 2.22. The number of hydrogen-bond acceptors (Lipinski definition) is 2. The van der Waals surface area contributed by atoms with Gasteiger partial charge in [0.15, 0.2) is 7.98 Å². The molecule has 0 bridgehead atoms. The van der Waals surface area contributed by atoms with Crippen LogP contribution in [0.1, 0.15) is 46.0 Å². The molecule has 17 heavy (non-hydrogen) atoms. The van der Waals surface area contributed by atoms with E-state index in [0.29, 0.717) is 23.9 Å². The average Bonchev–Trinajstić information content (AvgIpc) is 2.24. The SMILES string of the molecule is BN1CCCCC2C(CCC(=O)N2C(C)C)C1. The van der Waals surface area contributed by atoms with Crippen molar-refractivity contribution in [2.75, 3.05) is 13.1 Å². The zero-order valence-corrected chi connectivity index (χ0v) is 11.5. The molecule has 0 aromatic rings. The van der Waals surface area contributed by atoms with Crippen molar-refractivity contribution >= 4 is 13.9 Å². The zero-order chi connectivity index (χ0) is 12.4. The van der Waals surface area contributed by atoms with Gasteiger partial charge in [-0.3, -0.25) is 4.79 Å². The number of rotatable bonds is 1. The van der Waals surface area contributed by atoms with Crippen LogP contribution >= 0.6 is 0 Å². The van der Waals surface area contributed by atoms with Crippen LogP contribution in [-0.2, 0) is 4.79 Å². The number of piperidine rings is 1. The van der Waals surface area contributed by atoms with Gasteiger partial charge in [0, 0.05) is 18.5 Å². The van der Waals surface area contributed by atoms with Gasteiger partial charge < -0.3 is 9.71 Å². The van der Waals surface area contributed by atoms with E-state index in [1.807, 2.05) is 0 Å². The molecule has 2 saturated heterocycles. The Labute approximate surface area is 106 Å². The maximum absolute atomic E-state index is 12.1. The predicted octanol–water partition coefficient (Wildman–Crippen LogP) is 1.04. The van der Waals surface area contributed by atoms with Crippen LogP contribution in [0.5, 0.6) is 0 Å². The molecule has 3 nitrogen and oxygen atoms in total. The number of fused-ring (bicyclic) bond motifs is 1. The van der Waals surface area contributed by atoms with Crippen LogP contribution in [-0.4, -0.2) is 48.8 Å². The maximum atomic E-state index is 12.1. The minimum Gasteiger partial charge on any atom is -0.348 e. The van der Waals surface area contributed by atoms with Crippen LogP contribution in [0.4, 0.5) is 0 Å². The first-order chi connectivity index (χ1) is 8.09. The van der Waals surface area contributed by atoms with E-state index in [0.717, 1.165) is 12.8 Å². The topological polar surface area (TPSA) is 23.6 Å². The molecule has 0 spiro atoms. The van der Waals surface area contributed by atoms with E-state index in [4.69, 9.17) is 0 Å². The fourth-order valence-corrected chi connectivity index (χ4v) is 3.53. The summed E-state index contributed by atoms with van der Waals surface area (Å²) in [6.07, 6.45) is 5.61. The summed E-state index contributed by atoms with van der Waals surface area (Å²) in [5, 5.41) is 0. The van der Waals surface area contributed by atoms with Gasteiger partial charge in [0.25, 0.3) is 0 Å². The third-order valence-corrected chi connectivity index (χ3v) is 4.31.